The summed E-state index contributed by atoms with van der Waals surface area (Å²) in [6.45, 7) is 5.84. The lowest BCUT2D eigenvalue weighted by atomic mass is 9.78. The van der Waals surface area contributed by atoms with Gasteiger partial charge in [-0.3, -0.25) is 0 Å². The maximum absolute atomic E-state index is 5.89. The Kier molecular flexibility index (Phi) is 5.08. The van der Waals surface area contributed by atoms with E-state index in [2.05, 4.69) is 31.3 Å². The molecule has 1 fully saturated rings. The average Bonchev–Trinajstić information content (AvgIpc) is 2.35. The van der Waals surface area contributed by atoms with Crippen LogP contribution in [0.25, 0.3) is 0 Å². The van der Waals surface area contributed by atoms with E-state index in [-0.39, 0.29) is 0 Å². The molecule has 1 aromatic carbocycles. The molecule has 0 radical (unpaired) electrons. The van der Waals surface area contributed by atoms with Crippen molar-refractivity contribution in [3.63, 3.8) is 0 Å². The smallest absolute Gasteiger partial charge is 0.0406 e. The summed E-state index contributed by atoms with van der Waals surface area (Å²) in [5, 5.41) is 4.57. The summed E-state index contributed by atoms with van der Waals surface area (Å²) in [6, 6.07) is 8.90. The molecule has 2 unspecified atom stereocenters. The molecule has 1 aliphatic rings. The van der Waals surface area contributed by atoms with Gasteiger partial charge in [0.1, 0.15) is 0 Å². The van der Waals surface area contributed by atoms with E-state index in [1.165, 1.54) is 24.8 Å². The molecule has 100 valence electrons. The highest BCUT2D eigenvalue weighted by molar-refractivity contribution is 6.30. The van der Waals surface area contributed by atoms with Crippen LogP contribution in [0.1, 0.15) is 38.7 Å². The topological polar surface area (TPSA) is 12.0 Å². The van der Waals surface area contributed by atoms with Crippen molar-refractivity contribution < 1.29 is 0 Å². The standard InChI is InChI=1S/C16H24ClN/c1-12-4-3-5-13(2)16(12)18-11-10-14-6-8-15(17)9-7-14/h6-9,12-13,16,18H,3-5,10-11H2,1-2H3. The molecule has 0 spiro atoms. The number of hydrogen-bond donors (Lipinski definition) is 1. The van der Waals surface area contributed by atoms with Crippen LogP contribution in [0.2, 0.25) is 5.02 Å². The Hall–Kier alpha value is -0.530. The summed E-state index contributed by atoms with van der Waals surface area (Å²) in [5.74, 6) is 1.64. The zero-order chi connectivity index (χ0) is 13.0. The van der Waals surface area contributed by atoms with Crippen LogP contribution in [-0.4, -0.2) is 12.6 Å². The van der Waals surface area contributed by atoms with Crippen LogP contribution in [0.15, 0.2) is 24.3 Å². The molecule has 18 heavy (non-hydrogen) atoms. The van der Waals surface area contributed by atoms with Gasteiger partial charge in [-0.1, -0.05) is 44.0 Å². The first kappa shape index (κ1) is 13.9. The van der Waals surface area contributed by atoms with Crippen molar-refractivity contribution in [1.29, 1.82) is 0 Å². The van der Waals surface area contributed by atoms with E-state index in [1.807, 2.05) is 12.1 Å². The van der Waals surface area contributed by atoms with Crippen molar-refractivity contribution in [3.05, 3.63) is 34.9 Å². The summed E-state index contributed by atoms with van der Waals surface area (Å²) < 4.78 is 0. The fourth-order valence-corrected chi connectivity index (χ4v) is 3.24. The lowest BCUT2D eigenvalue weighted by molar-refractivity contribution is 0.210. The second-order valence-corrected chi connectivity index (χ2v) is 6.18. The van der Waals surface area contributed by atoms with E-state index < -0.39 is 0 Å². The van der Waals surface area contributed by atoms with Gasteiger partial charge in [0.25, 0.3) is 0 Å². The Bertz CT molecular complexity index is 350. The van der Waals surface area contributed by atoms with Crippen LogP contribution >= 0.6 is 11.6 Å². The molecule has 0 aliphatic heterocycles. The van der Waals surface area contributed by atoms with Crippen molar-refractivity contribution in [1.82, 2.24) is 5.32 Å². The first-order chi connectivity index (χ1) is 8.66. The van der Waals surface area contributed by atoms with Gasteiger partial charge in [-0.2, -0.15) is 0 Å². The summed E-state index contributed by atoms with van der Waals surface area (Å²) in [5.41, 5.74) is 1.36. The third kappa shape index (κ3) is 3.73. The zero-order valence-corrected chi connectivity index (χ0v) is 12.2. The number of nitrogens with one attached hydrogen (secondary N) is 1. The van der Waals surface area contributed by atoms with Gasteiger partial charge in [0, 0.05) is 11.1 Å². The first-order valence-corrected chi connectivity index (χ1v) is 7.52. The van der Waals surface area contributed by atoms with Gasteiger partial charge in [0.2, 0.25) is 0 Å². The molecule has 0 bridgehead atoms. The highest BCUT2D eigenvalue weighted by Gasteiger charge is 2.26. The van der Waals surface area contributed by atoms with Crippen molar-refractivity contribution >= 4 is 11.6 Å². The molecular formula is C16H24ClN. The minimum absolute atomic E-state index is 0.700. The van der Waals surface area contributed by atoms with E-state index in [0.717, 1.165) is 29.8 Å². The number of rotatable bonds is 4. The Morgan fingerprint density at radius 3 is 2.33 bits per heavy atom. The van der Waals surface area contributed by atoms with E-state index in [1.54, 1.807) is 0 Å². The predicted octanol–water partition coefficient (Wildman–Crippen LogP) is 4.30. The molecule has 0 saturated heterocycles. The Balaban J connectivity index is 1.79. The van der Waals surface area contributed by atoms with Gasteiger partial charge in [-0.15, -0.1) is 0 Å². The van der Waals surface area contributed by atoms with Crippen LogP contribution in [0.4, 0.5) is 0 Å². The summed E-state index contributed by atoms with van der Waals surface area (Å²) in [6.07, 6.45) is 5.25. The van der Waals surface area contributed by atoms with Crippen molar-refractivity contribution in [2.45, 2.75) is 45.6 Å². The first-order valence-electron chi connectivity index (χ1n) is 7.14. The molecule has 1 nitrogen and oxygen atoms in total. The normalized spacial score (nSPS) is 28.3. The minimum atomic E-state index is 0.700. The molecule has 1 aliphatic carbocycles. The summed E-state index contributed by atoms with van der Waals surface area (Å²) in [7, 11) is 0. The van der Waals surface area contributed by atoms with Crippen LogP contribution in [-0.2, 0) is 6.42 Å². The fraction of sp³-hybridized carbons (Fsp3) is 0.625. The van der Waals surface area contributed by atoms with Crippen LogP contribution in [0.5, 0.6) is 0 Å². The highest BCUT2D eigenvalue weighted by atomic mass is 35.5. The highest BCUT2D eigenvalue weighted by Crippen LogP contribution is 2.28. The monoisotopic (exact) mass is 265 g/mol. The largest absolute Gasteiger partial charge is 0.313 e. The van der Waals surface area contributed by atoms with Gasteiger partial charge >= 0.3 is 0 Å². The Morgan fingerprint density at radius 1 is 1.11 bits per heavy atom. The van der Waals surface area contributed by atoms with Crippen LogP contribution < -0.4 is 5.32 Å². The third-order valence-corrected chi connectivity index (χ3v) is 4.50. The van der Waals surface area contributed by atoms with E-state index in [9.17, 15) is 0 Å². The molecule has 1 aromatic rings. The second-order valence-electron chi connectivity index (χ2n) is 5.74. The molecule has 2 heteroatoms. The molecule has 0 heterocycles. The number of hydrogen-bond acceptors (Lipinski definition) is 1. The molecule has 1 saturated carbocycles. The van der Waals surface area contributed by atoms with E-state index >= 15 is 0 Å². The number of halogens is 1. The zero-order valence-electron chi connectivity index (χ0n) is 11.5. The van der Waals surface area contributed by atoms with Gasteiger partial charge in [-0.05, 0) is 55.3 Å². The maximum atomic E-state index is 5.89. The molecule has 2 rings (SSSR count). The lowest BCUT2D eigenvalue weighted by Gasteiger charge is -2.35. The average molecular weight is 266 g/mol. The Morgan fingerprint density at radius 2 is 1.72 bits per heavy atom. The van der Waals surface area contributed by atoms with Gasteiger partial charge in [0.05, 0.1) is 0 Å². The lowest BCUT2D eigenvalue weighted by Crippen LogP contribution is -2.43. The van der Waals surface area contributed by atoms with E-state index in [4.69, 9.17) is 11.6 Å². The van der Waals surface area contributed by atoms with Gasteiger partial charge < -0.3 is 5.32 Å². The van der Waals surface area contributed by atoms with Gasteiger partial charge in [0.15, 0.2) is 0 Å². The number of benzene rings is 1. The molecule has 0 amide bonds. The van der Waals surface area contributed by atoms with E-state index in [0.29, 0.717) is 6.04 Å². The molecule has 1 N–H and O–H groups in total. The third-order valence-electron chi connectivity index (χ3n) is 4.25. The van der Waals surface area contributed by atoms with Crippen molar-refractivity contribution in [2.24, 2.45) is 11.8 Å². The summed E-state index contributed by atoms with van der Waals surface area (Å²) >= 11 is 5.89. The Labute approximate surface area is 116 Å². The molecule has 0 aromatic heterocycles. The minimum Gasteiger partial charge on any atom is -0.313 e. The predicted molar refractivity (Wildman–Crippen MR) is 79.1 cm³/mol. The fourth-order valence-electron chi connectivity index (χ4n) is 3.12. The maximum Gasteiger partial charge on any atom is 0.0406 e. The second kappa shape index (κ2) is 6.58. The van der Waals surface area contributed by atoms with Gasteiger partial charge in [-0.25, -0.2) is 0 Å². The van der Waals surface area contributed by atoms with Crippen LogP contribution in [0, 0.1) is 11.8 Å². The summed E-state index contributed by atoms with van der Waals surface area (Å²) in [4.78, 5) is 0. The van der Waals surface area contributed by atoms with Crippen LogP contribution in [0.3, 0.4) is 0 Å². The molecule has 2 atom stereocenters. The van der Waals surface area contributed by atoms with Crippen molar-refractivity contribution in [3.8, 4) is 0 Å². The van der Waals surface area contributed by atoms with Crippen molar-refractivity contribution in [2.75, 3.05) is 6.54 Å². The quantitative estimate of drug-likeness (QED) is 0.856. The SMILES string of the molecule is CC1CCCC(C)C1NCCc1ccc(Cl)cc1. The molecular weight excluding hydrogens is 242 g/mol.